The number of carbonyl (C=O) groups is 1. The Morgan fingerprint density at radius 3 is 2.85 bits per heavy atom. The van der Waals surface area contributed by atoms with Crippen molar-refractivity contribution in [3.8, 4) is 0 Å². The second-order valence-corrected chi connectivity index (χ2v) is 7.40. The van der Waals surface area contributed by atoms with Gasteiger partial charge in [0, 0.05) is 25.2 Å². The third-order valence-electron chi connectivity index (χ3n) is 5.65. The number of alkyl halides is 2. The molecule has 2 amide bonds. The van der Waals surface area contributed by atoms with E-state index in [1.807, 2.05) is 16.7 Å². The molecule has 2 atom stereocenters. The molecule has 0 radical (unpaired) electrons. The zero-order valence-corrected chi connectivity index (χ0v) is 14.8. The van der Waals surface area contributed by atoms with E-state index in [9.17, 15) is 13.6 Å². The number of H-pyrrole nitrogens is 1. The Kier molecular flexibility index (Phi) is 3.40. The zero-order valence-electron chi connectivity index (χ0n) is 14.8. The molecule has 0 bridgehead atoms. The molecule has 0 spiro atoms. The molecule has 2 saturated heterocycles. The first-order valence-corrected chi connectivity index (χ1v) is 9.05. The van der Waals surface area contributed by atoms with Gasteiger partial charge in [0.25, 0.3) is 5.92 Å². The summed E-state index contributed by atoms with van der Waals surface area (Å²) >= 11 is 0. The number of likely N-dealkylation sites (tertiary alicyclic amines) is 2. The van der Waals surface area contributed by atoms with Gasteiger partial charge < -0.3 is 14.8 Å². The number of halogens is 2. The van der Waals surface area contributed by atoms with Crippen molar-refractivity contribution < 1.29 is 13.6 Å². The smallest absolute Gasteiger partial charge is 0.320 e. The van der Waals surface area contributed by atoms with Crippen molar-refractivity contribution in [2.24, 2.45) is 5.92 Å². The van der Waals surface area contributed by atoms with Crippen molar-refractivity contribution in [3.05, 3.63) is 24.3 Å². The fourth-order valence-electron chi connectivity index (χ4n) is 4.22. The van der Waals surface area contributed by atoms with Gasteiger partial charge in [0.15, 0.2) is 11.3 Å². The van der Waals surface area contributed by atoms with Crippen LogP contribution in [0, 0.1) is 5.92 Å². The molecule has 0 aromatic carbocycles. The van der Waals surface area contributed by atoms with E-state index >= 15 is 0 Å². The van der Waals surface area contributed by atoms with Crippen molar-refractivity contribution in [3.63, 3.8) is 0 Å². The molecule has 0 unspecified atom stereocenters. The molecule has 8 nitrogen and oxygen atoms in total. The van der Waals surface area contributed by atoms with Crippen LogP contribution in [0.2, 0.25) is 0 Å². The summed E-state index contributed by atoms with van der Waals surface area (Å²) in [5, 5.41) is 8.63. The standard InChI is InChI=1S/C17H19F2N7O/c1-2-10-6-24(16(27)25-8-17(18,19)9-25)7-11(10)15-23-22-13-5-21-14-12(26(13)15)3-4-20-14/h3-5,10-11,20H,2,6-9H2,1H3/t10-,11+/m0/s1. The summed E-state index contributed by atoms with van der Waals surface area (Å²) in [5.41, 5.74) is 2.28. The molecular weight excluding hydrogens is 356 g/mol. The quantitative estimate of drug-likeness (QED) is 0.744. The van der Waals surface area contributed by atoms with Crippen LogP contribution in [0.25, 0.3) is 16.8 Å². The highest BCUT2D eigenvalue weighted by molar-refractivity contribution is 5.76. The van der Waals surface area contributed by atoms with Crippen LogP contribution < -0.4 is 0 Å². The SMILES string of the molecule is CC[C@H]1CN(C(=O)N2CC(F)(F)C2)C[C@H]1c1nnc2cnc3[nH]ccc3n12. The van der Waals surface area contributed by atoms with E-state index in [0.717, 1.165) is 23.4 Å². The maximum atomic E-state index is 13.1. The lowest BCUT2D eigenvalue weighted by Crippen LogP contribution is -2.61. The third kappa shape index (κ3) is 2.46. The van der Waals surface area contributed by atoms with E-state index in [1.165, 1.54) is 4.90 Å². The Labute approximate surface area is 153 Å². The minimum atomic E-state index is -2.75. The summed E-state index contributed by atoms with van der Waals surface area (Å²) in [7, 11) is 0. The molecule has 3 aromatic heterocycles. The van der Waals surface area contributed by atoms with Gasteiger partial charge in [-0.25, -0.2) is 18.6 Å². The number of nitrogens with zero attached hydrogens (tertiary/aromatic N) is 6. The van der Waals surface area contributed by atoms with Gasteiger partial charge in [-0.05, 0) is 12.0 Å². The van der Waals surface area contributed by atoms with Crippen LogP contribution in [0.1, 0.15) is 25.1 Å². The van der Waals surface area contributed by atoms with Crippen LogP contribution in [-0.2, 0) is 0 Å². The van der Waals surface area contributed by atoms with Crippen molar-refractivity contribution >= 4 is 22.8 Å². The Morgan fingerprint density at radius 2 is 2.11 bits per heavy atom. The second-order valence-electron chi connectivity index (χ2n) is 7.40. The number of rotatable bonds is 2. The molecule has 0 saturated carbocycles. The van der Waals surface area contributed by atoms with Gasteiger partial charge in [0.2, 0.25) is 0 Å². The fraction of sp³-hybridized carbons (Fsp3) is 0.529. The summed E-state index contributed by atoms with van der Waals surface area (Å²) < 4.78 is 28.2. The lowest BCUT2D eigenvalue weighted by Gasteiger charge is -2.40. The van der Waals surface area contributed by atoms with Crippen LogP contribution in [0.15, 0.2) is 18.5 Å². The van der Waals surface area contributed by atoms with E-state index in [-0.39, 0.29) is 17.9 Å². The molecule has 5 rings (SSSR count). The lowest BCUT2D eigenvalue weighted by atomic mass is 9.93. The zero-order chi connectivity index (χ0) is 18.8. The number of aromatic amines is 1. The van der Waals surface area contributed by atoms with E-state index in [2.05, 4.69) is 27.1 Å². The van der Waals surface area contributed by atoms with Gasteiger partial charge in [-0.2, -0.15) is 0 Å². The predicted octanol–water partition coefficient (Wildman–Crippen LogP) is 2.10. The molecule has 1 N–H and O–H groups in total. The molecule has 2 aliphatic rings. The number of hydrogen-bond donors (Lipinski definition) is 1. The number of urea groups is 1. The Balaban J connectivity index is 1.47. The summed E-state index contributed by atoms with van der Waals surface area (Å²) in [6.07, 6.45) is 4.34. The molecule has 2 aliphatic heterocycles. The summed E-state index contributed by atoms with van der Waals surface area (Å²) in [5.74, 6) is -1.77. The van der Waals surface area contributed by atoms with Gasteiger partial charge in [0.05, 0.1) is 24.8 Å². The van der Waals surface area contributed by atoms with E-state index in [1.54, 1.807) is 11.1 Å². The second kappa shape index (κ2) is 5.61. The lowest BCUT2D eigenvalue weighted by molar-refractivity contribution is -0.113. The number of hydrogen-bond acceptors (Lipinski definition) is 4. The number of fused-ring (bicyclic) bond motifs is 3. The third-order valence-corrected chi connectivity index (χ3v) is 5.65. The fourth-order valence-corrected chi connectivity index (χ4v) is 4.22. The van der Waals surface area contributed by atoms with E-state index in [0.29, 0.717) is 18.7 Å². The maximum absolute atomic E-state index is 13.1. The first-order valence-electron chi connectivity index (χ1n) is 9.05. The first-order chi connectivity index (χ1) is 13.0. The molecule has 27 heavy (non-hydrogen) atoms. The number of amides is 2. The monoisotopic (exact) mass is 375 g/mol. The number of nitrogens with one attached hydrogen (secondary N) is 1. The molecule has 2 fully saturated rings. The number of carbonyl (C=O) groups excluding carboxylic acids is 1. The topological polar surface area (TPSA) is 82.4 Å². The van der Waals surface area contributed by atoms with Crippen LogP contribution in [-0.4, -0.2) is 72.5 Å². The molecule has 10 heteroatoms. The maximum Gasteiger partial charge on any atom is 0.320 e. The van der Waals surface area contributed by atoms with Crippen LogP contribution in [0.4, 0.5) is 13.6 Å². The van der Waals surface area contributed by atoms with Gasteiger partial charge >= 0.3 is 6.03 Å². The average molecular weight is 375 g/mol. The summed E-state index contributed by atoms with van der Waals surface area (Å²) in [6.45, 7) is 2.08. The Bertz CT molecular complexity index is 1020. The molecule has 0 aliphatic carbocycles. The highest BCUT2D eigenvalue weighted by atomic mass is 19.3. The highest BCUT2D eigenvalue weighted by Gasteiger charge is 2.49. The van der Waals surface area contributed by atoms with Crippen molar-refractivity contribution in [1.82, 2.24) is 34.4 Å². The minimum absolute atomic E-state index is 0.00348. The molecule has 142 valence electrons. The van der Waals surface area contributed by atoms with Crippen molar-refractivity contribution in [1.29, 1.82) is 0 Å². The summed E-state index contributed by atoms with van der Waals surface area (Å²) in [6, 6.07) is 1.60. The largest absolute Gasteiger partial charge is 0.345 e. The predicted molar refractivity (Wildman–Crippen MR) is 92.6 cm³/mol. The summed E-state index contributed by atoms with van der Waals surface area (Å²) in [4.78, 5) is 22.9. The molecule has 5 heterocycles. The van der Waals surface area contributed by atoms with Gasteiger partial charge in [-0.15, -0.1) is 10.2 Å². The molecular formula is C17H19F2N7O. The van der Waals surface area contributed by atoms with E-state index < -0.39 is 19.0 Å². The van der Waals surface area contributed by atoms with Gasteiger partial charge in [-0.1, -0.05) is 13.3 Å². The van der Waals surface area contributed by atoms with Crippen LogP contribution in [0.3, 0.4) is 0 Å². The normalized spacial score (nSPS) is 24.7. The van der Waals surface area contributed by atoms with Crippen molar-refractivity contribution in [2.45, 2.75) is 25.2 Å². The van der Waals surface area contributed by atoms with Gasteiger partial charge in [0.1, 0.15) is 5.82 Å². The first kappa shape index (κ1) is 16.4. The Hall–Kier alpha value is -2.78. The Morgan fingerprint density at radius 1 is 1.30 bits per heavy atom. The average Bonchev–Trinajstić information content (AvgIpc) is 3.33. The minimum Gasteiger partial charge on any atom is -0.345 e. The molecule has 3 aromatic rings. The highest BCUT2D eigenvalue weighted by Crippen LogP contribution is 2.36. The van der Waals surface area contributed by atoms with E-state index in [4.69, 9.17) is 0 Å². The van der Waals surface area contributed by atoms with Gasteiger partial charge in [-0.3, -0.25) is 4.40 Å². The number of aromatic nitrogens is 5. The van der Waals surface area contributed by atoms with Crippen LogP contribution in [0.5, 0.6) is 0 Å². The van der Waals surface area contributed by atoms with Crippen LogP contribution >= 0.6 is 0 Å². The van der Waals surface area contributed by atoms with Crippen molar-refractivity contribution in [2.75, 3.05) is 26.2 Å².